The maximum Gasteiger partial charge on any atom is 0.373 e. The van der Waals surface area contributed by atoms with Crippen molar-refractivity contribution in [3.63, 3.8) is 0 Å². The third-order valence-electron chi connectivity index (χ3n) is 1.95. The highest BCUT2D eigenvalue weighted by molar-refractivity contribution is 7.90. The number of hydrogen-bond donors (Lipinski definition) is 0. The van der Waals surface area contributed by atoms with Crippen molar-refractivity contribution in [3.05, 3.63) is 35.4 Å². The first kappa shape index (κ1) is 14.6. The van der Waals surface area contributed by atoms with Crippen LogP contribution in [0.5, 0.6) is 0 Å². The van der Waals surface area contributed by atoms with Gasteiger partial charge in [-0.25, -0.2) is 8.42 Å². The highest BCUT2D eigenvalue weighted by Gasteiger charge is 2.07. The van der Waals surface area contributed by atoms with Crippen molar-refractivity contribution in [2.24, 2.45) is 0 Å². The van der Waals surface area contributed by atoms with Gasteiger partial charge in [0, 0.05) is 5.75 Å². The fraction of sp³-hybridized carbons (Fsp3) is 0.364. The van der Waals surface area contributed by atoms with Gasteiger partial charge in [0.15, 0.2) is 9.84 Å². The number of carbonyl (C=O) groups excluding carboxylic acids is 2. The van der Waals surface area contributed by atoms with Crippen LogP contribution in [-0.2, 0) is 25.2 Å². The van der Waals surface area contributed by atoms with Crippen LogP contribution in [-0.4, -0.2) is 20.3 Å². The maximum absolute atomic E-state index is 11.3. The molecular weight excluding hydrogens is 228 g/mol. The standard InChI is InChI=1S/C10H14O2S.CO2/c1-3-13(11,12)8-10-6-4-9(2)5-7-10;2-1-3/h4-7H,3,8H2,1-2H3;. The minimum Gasteiger partial charge on any atom is -0.229 e. The summed E-state index contributed by atoms with van der Waals surface area (Å²) in [5.41, 5.74) is 2.02. The van der Waals surface area contributed by atoms with E-state index in [1.54, 1.807) is 6.92 Å². The highest BCUT2D eigenvalue weighted by atomic mass is 32.2. The van der Waals surface area contributed by atoms with Crippen molar-refractivity contribution in [1.82, 2.24) is 0 Å². The van der Waals surface area contributed by atoms with E-state index in [-0.39, 0.29) is 17.7 Å². The summed E-state index contributed by atoms with van der Waals surface area (Å²) in [6.07, 6.45) is 0.250. The van der Waals surface area contributed by atoms with Gasteiger partial charge < -0.3 is 0 Å². The van der Waals surface area contributed by atoms with Gasteiger partial charge >= 0.3 is 6.15 Å². The molecular formula is C11H14O4S. The van der Waals surface area contributed by atoms with Gasteiger partial charge in [0.1, 0.15) is 0 Å². The van der Waals surface area contributed by atoms with Crippen LogP contribution in [0.2, 0.25) is 0 Å². The van der Waals surface area contributed by atoms with E-state index in [9.17, 15) is 8.42 Å². The summed E-state index contributed by atoms with van der Waals surface area (Å²) < 4.78 is 22.5. The van der Waals surface area contributed by atoms with Gasteiger partial charge in [0.25, 0.3) is 0 Å². The molecule has 4 nitrogen and oxygen atoms in total. The Kier molecular flexibility index (Phi) is 6.30. The van der Waals surface area contributed by atoms with Crippen LogP contribution in [0.3, 0.4) is 0 Å². The van der Waals surface area contributed by atoms with Crippen molar-refractivity contribution < 1.29 is 18.0 Å². The first-order valence-electron chi connectivity index (χ1n) is 4.70. The van der Waals surface area contributed by atoms with E-state index >= 15 is 0 Å². The molecule has 0 aliphatic heterocycles. The lowest BCUT2D eigenvalue weighted by Gasteiger charge is -2.01. The predicted octanol–water partition coefficient (Wildman–Crippen LogP) is 1.35. The summed E-state index contributed by atoms with van der Waals surface area (Å²) in [4.78, 5) is 16.2. The topological polar surface area (TPSA) is 68.3 Å². The van der Waals surface area contributed by atoms with Gasteiger partial charge in [0.05, 0.1) is 5.75 Å². The summed E-state index contributed by atoms with van der Waals surface area (Å²) in [6, 6.07) is 7.59. The largest absolute Gasteiger partial charge is 0.373 e. The zero-order valence-corrected chi connectivity index (χ0v) is 10.1. The minimum absolute atomic E-state index is 0.157. The quantitative estimate of drug-likeness (QED) is 0.802. The molecule has 5 heteroatoms. The van der Waals surface area contributed by atoms with Gasteiger partial charge in [-0.1, -0.05) is 36.8 Å². The van der Waals surface area contributed by atoms with Gasteiger partial charge in [0.2, 0.25) is 0 Å². The SMILES string of the molecule is CCS(=O)(=O)Cc1ccc(C)cc1.O=C=O. The maximum atomic E-state index is 11.3. The van der Waals surface area contributed by atoms with E-state index in [1.165, 1.54) is 0 Å². The second kappa shape index (κ2) is 6.93. The third kappa shape index (κ3) is 6.11. The molecule has 0 unspecified atom stereocenters. The second-order valence-corrected chi connectivity index (χ2v) is 5.60. The Morgan fingerprint density at radius 2 is 1.56 bits per heavy atom. The van der Waals surface area contributed by atoms with Crippen LogP contribution in [0.15, 0.2) is 24.3 Å². The van der Waals surface area contributed by atoms with E-state index in [0.717, 1.165) is 11.1 Å². The molecule has 0 saturated carbocycles. The van der Waals surface area contributed by atoms with Crippen LogP contribution < -0.4 is 0 Å². The Balaban J connectivity index is 0.000000673. The van der Waals surface area contributed by atoms with E-state index in [2.05, 4.69) is 0 Å². The Labute approximate surface area is 95.2 Å². The normalized spacial score (nSPS) is 9.88. The fourth-order valence-electron chi connectivity index (χ4n) is 1.04. The van der Waals surface area contributed by atoms with Gasteiger partial charge in [-0.05, 0) is 12.5 Å². The van der Waals surface area contributed by atoms with Gasteiger partial charge in [-0.3, -0.25) is 0 Å². The van der Waals surface area contributed by atoms with Crippen molar-refractivity contribution in [2.45, 2.75) is 19.6 Å². The van der Waals surface area contributed by atoms with Gasteiger partial charge in [-0.15, -0.1) is 0 Å². The van der Waals surface area contributed by atoms with Crippen LogP contribution in [0, 0.1) is 6.92 Å². The number of rotatable bonds is 3. The Hall–Kier alpha value is -1.45. The lowest BCUT2D eigenvalue weighted by Crippen LogP contribution is -2.06. The Morgan fingerprint density at radius 3 is 1.94 bits per heavy atom. The van der Waals surface area contributed by atoms with E-state index in [1.807, 2.05) is 31.2 Å². The zero-order chi connectivity index (χ0) is 12.6. The number of sulfone groups is 1. The van der Waals surface area contributed by atoms with Gasteiger partial charge in [-0.2, -0.15) is 9.59 Å². The van der Waals surface area contributed by atoms with Crippen molar-refractivity contribution in [2.75, 3.05) is 5.75 Å². The zero-order valence-electron chi connectivity index (χ0n) is 9.26. The molecule has 0 atom stereocenters. The average Bonchev–Trinajstić information content (AvgIpc) is 2.23. The number of benzene rings is 1. The summed E-state index contributed by atoms with van der Waals surface area (Å²) in [5, 5.41) is 0. The second-order valence-electron chi connectivity index (χ2n) is 3.25. The monoisotopic (exact) mass is 242 g/mol. The summed E-state index contributed by atoms with van der Waals surface area (Å²) in [6.45, 7) is 3.65. The van der Waals surface area contributed by atoms with Crippen LogP contribution in [0.4, 0.5) is 0 Å². The van der Waals surface area contributed by atoms with E-state index in [0.29, 0.717) is 0 Å². The molecule has 88 valence electrons. The Morgan fingerprint density at radius 1 is 1.12 bits per heavy atom. The first-order valence-corrected chi connectivity index (χ1v) is 6.52. The molecule has 0 radical (unpaired) electrons. The minimum atomic E-state index is -2.89. The summed E-state index contributed by atoms with van der Waals surface area (Å²) >= 11 is 0. The molecule has 0 aliphatic carbocycles. The number of aryl methyl sites for hydroxylation is 1. The van der Waals surface area contributed by atoms with Crippen LogP contribution in [0.25, 0.3) is 0 Å². The molecule has 0 spiro atoms. The van der Waals surface area contributed by atoms with Crippen molar-refractivity contribution >= 4 is 16.0 Å². The third-order valence-corrected chi connectivity index (χ3v) is 3.60. The van der Waals surface area contributed by atoms with E-state index in [4.69, 9.17) is 9.59 Å². The predicted molar refractivity (Wildman–Crippen MR) is 59.4 cm³/mol. The molecule has 0 fully saturated rings. The molecule has 1 rings (SSSR count). The van der Waals surface area contributed by atoms with Crippen molar-refractivity contribution in [3.8, 4) is 0 Å². The average molecular weight is 242 g/mol. The molecule has 0 amide bonds. The highest BCUT2D eigenvalue weighted by Crippen LogP contribution is 2.07. The molecule has 0 N–H and O–H groups in total. The molecule has 1 aromatic rings. The Bertz CT molecular complexity index is 439. The molecule has 1 aromatic carbocycles. The first-order chi connectivity index (χ1) is 7.45. The lowest BCUT2D eigenvalue weighted by molar-refractivity contribution is -0.191. The number of hydrogen-bond acceptors (Lipinski definition) is 4. The smallest absolute Gasteiger partial charge is 0.229 e. The summed E-state index contributed by atoms with van der Waals surface area (Å²) in [7, 11) is -2.89. The molecule has 0 saturated heterocycles. The molecule has 0 aliphatic rings. The molecule has 0 heterocycles. The van der Waals surface area contributed by atoms with Crippen molar-refractivity contribution in [1.29, 1.82) is 0 Å². The molecule has 0 bridgehead atoms. The molecule has 16 heavy (non-hydrogen) atoms. The lowest BCUT2D eigenvalue weighted by atomic mass is 10.2. The van der Waals surface area contributed by atoms with E-state index < -0.39 is 9.84 Å². The summed E-state index contributed by atoms with van der Waals surface area (Å²) in [5.74, 6) is 0.366. The fourth-order valence-corrected chi connectivity index (χ4v) is 1.94. The van der Waals surface area contributed by atoms with Crippen LogP contribution >= 0.6 is 0 Å². The molecule has 0 aromatic heterocycles. The van der Waals surface area contributed by atoms with Crippen LogP contribution in [0.1, 0.15) is 18.1 Å².